The molecule has 1 atom stereocenters. The Labute approximate surface area is 94.6 Å². The van der Waals surface area contributed by atoms with Crippen LogP contribution in [0.4, 0.5) is 0 Å². The molecule has 0 aliphatic rings. The predicted octanol–water partition coefficient (Wildman–Crippen LogP) is 2.86. The first kappa shape index (κ1) is 10.4. The van der Waals surface area contributed by atoms with E-state index in [1.165, 1.54) is 11.1 Å². The van der Waals surface area contributed by atoms with Gasteiger partial charge in [0.25, 0.3) is 0 Å². The van der Waals surface area contributed by atoms with Crippen LogP contribution in [0.5, 0.6) is 0 Å². The van der Waals surface area contributed by atoms with Gasteiger partial charge in [-0.1, -0.05) is 30.3 Å². The van der Waals surface area contributed by atoms with Gasteiger partial charge in [0.15, 0.2) is 0 Å². The van der Waals surface area contributed by atoms with Crippen molar-refractivity contribution >= 4 is 11.3 Å². The van der Waals surface area contributed by atoms with Gasteiger partial charge in [-0.05, 0) is 40.8 Å². The number of hydrogen-bond acceptors (Lipinski definition) is 2. The Kier molecular flexibility index (Phi) is 3.54. The molecule has 1 heterocycles. The molecule has 78 valence electrons. The minimum Gasteiger partial charge on any atom is -0.327 e. The molecule has 2 rings (SSSR count). The lowest BCUT2D eigenvalue weighted by Crippen LogP contribution is -2.25. The van der Waals surface area contributed by atoms with Crippen molar-refractivity contribution in [3.8, 4) is 0 Å². The molecule has 0 fully saturated rings. The normalized spacial score (nSPS) is 12.6. The van der Waals surface area contributed by atoms with Crippen LogP contribution in [0.3, 0.4) is 0 Å². The third-order valence-electron chi connectivity index (χ3n) is 2.42. The summed E-state index contributed by atoms with van der Waals surface area (Å²) in [6, 6.07) is 12.8. The maximum absolute atomic E-state index is 6.10. The standard InChI is InChI=1S/C13H15NS/c14-13(9-12-6-7-15-10-12)8-11-4-2-1-3-5-11/h1-7,10,13H,8-9,14H2/t13-/m0/s1. The Morgan fingerprint density at radius 2 is 1.73 bits per heavy atom. The smallest absolute Gasteiger partial charge is 0.0120 e. The van der Waals surface area contributed by atoms with Crippen LogP contribution >= 0.6 is 11.3 Å². The number of nitrogens with two attached hydrogens (primary N) is 1. The van der Waals surface area contributed by atoms with Crippen LogP contribution in [0.1, 0.15) is 11.1 Å². The Morgan fingerprint density at radius 1 is 1.00 bits per heavy atom. The summed E-state index contributed by atoms with van der Waals surface area (Å²) in [5.41, 5.74) is 8.77. The molecule has 2 heteroatoms. The second kappa shape index (κ2) is 5.10. The maximum atomic E-state index is 6.10. The van der Waals surface area contributed by atoms with E-state index in [0.717, 1.165) is 12.8 Å². The van der Waals surface area contributed by atoms with Crippen LogP contribution in [-0.2, 0) is 12.8 Å². The molecular formula is C13H15NS. The summed E-state index contributed by atoms with van der Waals surface area (Å²) in [4.78, 5) is 0. The monoisotopic (exact) mass is 217 g/mol. The predicted molar refractivity (Wildman–Crippen MR) is 66.1 cm³/mol. The molecule has 1 aromatic carbocycles. The Morgan fingerprint density at radius 3 is 2.40 bits per heavy atom. The van der Waals surface area contributed by atoms with Gasteiger partial charge < -0.3 is 5.73 Å². The molecule has 0 bridgehead atoms. The SMILES string of the molecule is N[C@@H](Cc1ccccc1)Cc1ccsc1. The summed E-state index contributed by atoms with van der Waals surface area (Å²) in [5.74, 6) is 0. The molecule has 1 aromatic heterocycles. The van der Waals surface area contributed by atoms with Gasteiger partial charge in [-0.15, -0.1) is 0 Å². The summed E-state index contributed by atoms with van der Waals surface area (Å²) in [6.45, 7) is 0. The quantitative estimate of drug-likeness (QED) is 0.837. The second-order valence-electron chi connectivity index (χ2n) is 3.79. The van der Waals surface area contributed by atoms with Crippen LogP contribution in [0.15, 0.2) is 47.2 Å². The molecule has 0 aliphatic carbocycles. The molecular weight excluding hydrogens is 202 g/mol. The lowest BCUT2D eigenvalue weighted by atomic mass is 10.0. The van der Waals surface area contributed by atoms with E-state index in [2.05, 4.69) is 41.1 Å². The van der Waals surface area contributed by atoms with Crippen LogP contribution < -0.4 is 5.73 Å². The molecule has 0 aliphatic heterocycles. The number of thiophene rings is 1. The third-order valence-corrected chi connectivity index (χ3v) is 3.15. The number of benzene rings is 1. The van der Waals surface area contributed by atoms with Crippen molar-refractivity contribution < 1.29 is 0 Å². The molecule has 0 saturated heterocycles. The Bertz CT molecular complexity index is 380. The van der Waals surface area contributed by atoms with E-state index in [1.54, 1.807) is 11.3 Å². The van der Waals surface area contributed by atoms with E-state index < -0.39 is 0 Å². The van der Waals surface area contributed by atoms with Crippen molar-refractivity contribution in [3.63, 3.8) is 0 Å². The molecule has 0 saturated carbocycles. The summed E-state index contributed by atoms with van der Waals surface area (Å²) in [7, 11) is 0. The largest absolute Gasteiger partial charge is 0.327 e. The lowest BCUT2D eigenvalue weighted by Gasteiger charge is -2.10. The van der Waals surface area contributed by atoms with Gasteiger partial charge in [0.1, 0.15) is 0 Å². The minimum atomic E-state index is 0.224. The van der Waals surface area contributed by atoms with Gasteiger partial charge in [-0.3, -0.25) is 0 Å². The highest BCUT2D eigenvalue weighted by Crippen LogP contribution is 2.10. The minimum absolute atomic E-state index is 0.224. The van der Waals surface area contributed by atoms with Crippen molar-refractivity contribution in [2.24, 2.45) is 5.73 Å². The first-order chi connectivity index (χ1) is 7.34. The lowest BCUT2D eigenvalue weighted by molar-refractivity contribution is 0.666. The number of rotatable bonds is 4. The van der Waals surface area contributed by atoms with Gasteiger partial charge in [0, 0.05) is 6.04 Å². The zero-order valence-electron chi connectivity index (χ0n) is 8.60. The van der Waals surface area contributed by atoms with Crippen LogP contribution in [-0.4, -0.2) is 6.04 Å². The van der Waals surface area contributed by atoms with Crippen LogP contribution in [0.2, 0.25) is 0 Å². The highest BCUT2D eigenvalue weighted by atomic mass is 32.1. The van der Waals surface area contributed by atoms with Crippen molar-refractivity contribution in [3.05, 3.63) is 58.3 Å². The molecule has 0 radical (unpaired) electrons. The third kappa shape index (κ3) is 3.18. The molecule has 2 aromatic rings. The van der Waals surface area contributed by atoms with Crippen molar-refractivity contribution in [1.82, 2.24) is 0 Å². The van der Waals surface area contributed by atoms with E-state index in [4.69, 9.17) is 5.73 Å². The van der Waals surface area contributed by atoms with Crippen molar-refractivity contribution in [1.29, 1.82) is 0 Å². The maximum Gasteiger partial charge on any atom is 0.0120 e. The summed E-state index contributed by atoms with van der Waals surface area (Å²) in [5, 5.41) is 4.27. The zero-order valence-corrected chi connectivity index (χ0v) is 9.41. The summed E-state index contributed by atoms with van der Waals surface area (Å²) < 4.78 is 0. The van der Waals surface area contributed by atoms with Crippen LogP contribution in [0, 0.1) is 0 Å². The Hall–Kier alpha value is -1.12. The highest BCUT2D eigenvalue weighted by molar-refractivity contribution is 7.07. The van der Waals surface area contributed by atoms with Gasteiger partial charge in [-0.2, -0.15) is 11.3 Å². The molecule has 0 unspecified atom stereocenters. The fourth-order valence-electron chi connectivity index (χ4n) is 1.70. The summed E-state index contributed by atoms with van der Waals surface area (Å²) >= 11 is 1.73. The first-order valence-corrected chi connectivity index (χ1v) is 6.09. The summed E-state index contributed by atoms with van der Waals surface area (Å²) in [6.07, 6.45) is 1.93. The van der Waals surface area contributed by atoms with Crippen molar-refractivity contribution in [2.75, 3.05) is 0 Å². The molecule has 1 nitrogen and oxygen atoms in total. The second-order valence-corrected chi connectivity index (χ2v) is 4.57. The Balaban J connectivity index is 1.90. The van der Waals surface area contributed by atoms with Gasteiger partial charge >= 0.3 is 0 Å². The fraction of sp³-hybridized carbons (Fsp3) is 0.231. The fourth-order valence-corrected chi connectivity index (χ4v) is 2.38. The van der Waals surface area contributed by atoms with E-state index in [9.17, 15) is 0 Å². The van der Waals surface area contributed by atoms with Gasteiger partial charge in [-0.25, -0.2) is 0 Å². The topological polar surface area (TPSA) is 26.0 Å². The molecule has 0 spiro atoms. The van der Waals surface area contributed by atoms with E-state index in [0.29, 0.717) is 0 Å². The zero-order chi connectivity index (χ0) is 10.5. The first-order valence-electron chi connectivity index (χ1n) is 5.15. The highest BCUT2D eigenvalue weighted by Gasteiger charge is 2.05. The van der Waals surface area contributed by atoms with Gasteiger partial charge in [0.2, 0.25) is 0 Å². The van der Waals surface area contributed by atoms with Crippen molar-refractivity contribution in [2.45, 2.75) is 18.9 Å². The average molecular weight is 217 g/mol. The van der Waals surface area contributed by atoms with Crippen LogP contribution in [0.25, 0.3) is 0 Å². The van der Waals surface area contributed by atoms with E-state index in [-0.39, 0.29) is 6.04 Å². The molecule has 15 heavy (non-hydrogen) atoms. The van der Waals surface area contributed by atoms with Gasteiger partial charge in [0.05, 0.1) is 0 Å². The molecule has 0 amide bonds. The van der Waals surface area contributed by atoms with E-state index in [1.807, 2.05) is 6.07 Å². The van der Waals surface area contributed by atoms with E-state index >= 15 is 0 Å². The average Bonchev–Trinajstić information content (AvgIpc) is 2.71. The number of hydrogen-bond donors (Lipinski definition) is 1. The molecule has 2 N–H and O–H groups in total.